The van der Waals surface area contributed by atoms with Crippen LogP contribution in [0.5, 0.6) is 5.75 Å². The molecule has 2 aromatic rings. The first-order valence-electron chi connectivity index (χ1n) is 6.49. The second kappa shape index (κ2) is 6.58. The molecule has 2 nitrogen and oxygen atoms in total. The van der Waals surface area contributed by atoms with Crippen molar-refractivity contribution < 1.29 is 9.53 Å². The molecule has 3 heteroatoms. The van der Waals surface area contributed by atoms with Crippen LogP contribution in [0, 0.1) is 13.8 Å². The van der Waals surface area contributed by atoms with Crippen molar-refractivity contribution in [2.75, 3.05) is 5.88 Å². The molecule has 0 saturated heterocycles. The van der Waals surface area contributed by atoms with Crippen molar-refractivity contribution in [3.63, 3.8) is 0 Å². The van der Waals surface area contributed by atoms with Gasteiger partial charge in [0, 0.05) is 11.1 Å². The van der Waals surface area contributed by atoms with Crippen molar-refractivity contribution in [1.82, 2.24) is 0 Å². The number of rotatable bonds is 5. The van der Waals surface area contributed by atoms with Gasteiger partial charge in [0.15, 0.2) is 5.78 Å². The maximum Gasteiger partial charge on any atom is 0.177 e. The predicted molar refractivity (Wildman–Crippen MR) is 81.7 cm³/mol. The molecule has 0 unspecified atom stereocenters. The summed E-state index contributed by atoms with van der Waals surface area (Å²) in [5, 5.41) is 0. The van der Waals surface area contributed by atoms with E-state index in [4.69, 9.17) is 16.3 Å². The van der Waals surface area contributed by atoms with Gasteiger partial charge in [-0.1, -0.05) is 36.4 Å². The van der Waals surface area contributed by atoms with Crippen LogP contribution in [-0.4, -0.2) is 11.7 Å². The van der Waals surface area contributed by atoms with E-state index in [1.165, 1.54) is 0 Å². The van der Waals surface area contributed by atoms with Gasteiger partial charge in [-0.3, -0.25) is 4.79 Å². The molecule has 0 aromatic heterocycles. The lowest BCUT2D eigenvalue weighted by Crippen LogP contribution is -2.07. The topological polar surface area (TPSA) is 26.3 Å². The molecule has 0 aliphatic heterocycles. The molecular weight excluding hydrogens is 272 g/mol. The van der Waals surface area contributed by atoms with Crippen LogP contribution in [0.15, 0.2) is 42.5 Å². The van der Waals surface area contributed by atoms with Crippen LogP contribution in [0.2, 0.25) is 0 Å². The third-order valence-corrected chi connectivity index (χ3v) is 3.41. The Morgan fingerprint density at radius 2 is 1.90 bits per heavy atom. The standard InChI is InChI=1S/C17H17ClO2/c1-12-7-8-13(2)17(9-12)20-11-14-5-3-4-6-15(14)16(19)10-18/h3-9H,10-11H2,1-2H3. The van der Waals surface area contributed by atoms with Crippen molar-refractivity contribution in [3.05, 3.63) is 64.7 Å². The predicted octanol–water partition coefficient (Wildman–Crippen LogP) is 4.30. The smallest absolute Gasteiger partial charge is 0.177 e. The second-order valence-corrected chi connectivity index (χ2v) is 5.04. The molecule has 2 rings (SSSR count). The van der Waals surface area contributed by atoms with E-state index in [-0.39, 0.29) is 11.7 Å². The minimum Gasteiger partial charge on any atom is -0.489 e. The van der Waals surface area contributed by atoms with Gasteiger partial charge >= 0.3 is 0 Å². The molecule has 0 aliphatic carbocycles. The summed E-state index contributed by atoms with van der Waals surface area (Å²) in [7, 11) is 0. The monoisotopic (exact) mass is 288 g/mol. The second-order valence-electron chi connectivity index (χ2n) is 4.77. The Balaban J connectivity index is 2.19. The molecule has 0 bridgehead atoms. The van der Waals surface area contributed by atoms with E-state index >= 15 is 0 Å². The highest BCUT2D eigenvalue weighted by atomic mass is 35.5. The van der Waals surface area contributed by atoms with Gasteiger partial charge in [0.2, 0.25) is 0 Å². The van der Waals surface area contributed by atoms with E-state index < -0.39 is 0 Å². The van der Waals surface area contributed by atoms with E-state index in [1.54, 1.807) is 6.07 Å². The lowest BCUT2D eigenvalue weighted by atomic mass is 10.1. The number of hydrogen-bond donors (Lipinski definition) is 0. The number of carbonyl (C=O) groups excluding carboxylic acids is 1. The first-order chi connectivity index (χ1) is 9.61. The average molecular weight is 289 g/mol. The van der Waals surface area contributed by atoms with E-state index in [1.807, 2.05) is 50.2 Å². The molecule has 0 aliphatic rings. The average Bonchev–Trinajstić information content (AvgIpc) is 2.47. The van der Waals surface area contributed by atoms with Gasteiger partial charge in [-0.15, -0.1) is 11.6 Å². The number of Topliss-reactive ketones (excluding diaryl/α,β-unsaturated/α-hetero) is 1. The molecule has 0 amide bonds. The zero-order chi connectivity index (χ0) is 14.5. The maximum absolute atomic E-state index is 11.8. The quantitative estimate of drug-likeness (QED) is 0.605. The van der Waals surface area contributed by atoms with E-state index in [9.17, 15) is 4.79 Å². The summed E-state index contributed by atoms with van der Waals surface area (Å²) in [4.78, 5) is 11.8. The summed E-state index contributed by atoms with van der Waals surface area (Å²) in [6.07, 6.45) is 0. The summed E-state index contributed by atoms with van der Waals surface area (Å²) in [6, 6.07) is 13.5. The largest absolute Gasteiger partial charge is 0.489 e. The molecule has 104 valence electrons. The van der Waals surface area contributed by atoms with Crippen LogP contribution in [0.3, 0.4) is 0 Å². The molecule has 0 radical (unpaired) electrons. The van der Waals surface area contributed by atoms with Crippen LogP contribution in [0.25, 0.3) is 0 Å². The Labute approximate surface area is 124 Å². The lowest BCUT2D eigenvalue weighted by molar-refractivity contribution is 0.101. The van der Waals surface area contributed by atoms with Crippen molar-refractivity contribution in [2.24, 2.45) is 0 Å². The zero-order valence-electron chi connectivity index (χ0n) is 11.7. The fraction of sp³-hybridized carbons (Fsp3) is 0.235. The normalized spacial score (nSPS) is 10.3. The molecule has 0 fully saturated rings. The lowest BCUT2D eigenvalue weighted by Gasteiger charge is -2.12. The van der Waals surface area contributed by atoms with Crippen LogP contribution in [0.1, 0.15) is 27.0 Å². The van der Waals surface area contributed by atoms with Gasteiger partial charge in [0.1, 0.15) is 12.4 Å². The first kappa shape index (κ1) is 14.6. The summed E-state index contributed by atoms with van der Waals surface area (Å²) in [5.41, 5.74) is 3.72. The number of benzene rings is 2. The SMILES string of the molecule is Cc1ccc(C)c(OCc2ccccc2C(=O)CCl)c1. The number of alkyl halides is 1. The van der Waals surface area contributed by atoms with Crippen LogP contribution in [-0.2, 0) is 6.61 Å². The first-order valence-corrected chi connectivity index (χ1v) is 7.02. The van der Waals surface area contributed by atoms with Crippen molar-refractivity contribution in [3.8, 4) is 5.75 Å². The minimum absolute atomic E-state index is 0.0134. The van der Waals surface area contributed by atoms with Crippen molar-refractivity contribution in [2.45, 2.75) is 20.5 Å². The van der Waals surface area contributed by atoms with E-state index in [0.717, 1.165) is 22.4 Å². The van der Waals surface area contributed by atoms with Crippen LogP contribution < -0.4 is 4.74 Å². The summed E-state index contributed by atoms with van der Waals surface area (Å²) < 4.78 is 5.84. The number of carbonyl (C=O) groups is 1. The third kappa shape index (κ3) is 3.40. The van der Waals surface area contributed by atoms with Crippen LogP contribution in [0.4, 0.5) is 0 Å². The summed E-state index contributed by atoms with van der Waals surface area (Å²) in [6.45, 7) is 4.39. The fourth-order valence-corrected chi connectivity index (χ4v) is 2.15. The minimum atomic E-state index is -0.0770. The zero-order valence-corrected chi connectivity index (χ0v) is 12.4. The Morgan fingerprint density at radius 3 is 2.65 bits per heavy atom. The Kier molecular flexibility index (Phi) is 4.80. The van der Waals surface area contributed by atoms with Gasteiger partial charge < -0.3 is 4.74 Å². The Bertz CT molecular complexity index is 620. The highest BCUT2D eigenvalue weighted by Gasteiger charge is 2.10. The highest BCUT2D eigenvalue weighted by molar-refractivity contribution is 6.30. The molecular formula is C17H17ClO2. The number of ether oxygens (including phenoxy) is 1. The van der Waals surface area contributed by atoms with Crippen molar-refractivity contribution in [1.29, 1.82) is 0 Å². The Hall–Kier alpha value is -1.80. The van der Waals surface area contributed by atoms with Gasteiger partial charge in [-0.25, -0.2) is 0 Å². The van der Waals surface area contributed by atoms with E-state index in [0.29, 0.717) is 12.2 Å². The Morgan fingerprint density at radius 1 is 1.15 bits per heavy atom. The maximum atomic E-state index is 11.8. The summed E-state index contributed by atoms with van der Waals surface area (Å²) in [5.74, 6) is 0.755. The molecule has 0 atom stereocenters. The molecule has 0 spiro atoms. The summed E-state index contributed by atoms with van der Waals surface area (Å²) >= 11 is 5.63. The van der Waals surface area contributed by atoms with Gasteiger partial charge in [-0.2, -0.15) is 0 Å². The molecule has 0 N–H and O–H groups in total. The van der Waals surface area contributed by atoms with Crippen LogP contribution >= 0.6 is 11.6 Å². The van der Waals surface area contributed by atoms with Crippen molar-refractivity contribution >= 4 is 17.4 Å². The molecule has 2 aromatic carbocycles. The molecule has 20 heavy (non-hydrogen) atoms. The van der Waals surface area contributed by atoms with Gasteiger partial charge in [-0.05, 0) is 31.0 Å². The number of hydrogen-bond acceptors (Lipinski definition) is 2. The third-order valence-electron chi connectivity index (χ3n) is 3.17. The van der Waals surface area contributed by atoms with E-state index in [2.05, 4.69) is 0 Å². The molecule has 0 heterocycles. The number of ketones is 1. The number of aryl methyl sites for hydroxylation is 2. The van der Waals surface area contributed by atoms with Gasteiger partial charge in [0.05, 0.1) is 5.88 Å². The van der Waals surface area contributed by atoms with Gasteiger partial charge in [0.25, 0.3) is 0 Å². The highest BCUT2D eigenvalue weighted by Crippen LogP contribution is 2.21. The molecule has 0 saturated carbocycles. The fourth-order valence-electron chi connectivity index (χ4n) is 2.01. The number of halogens is 1.